The van der Waals surface area contributed by atoms with E-state index in [0.717, 1.165) is 44.3 Å². The van der Waals surface area contributed by atoms with Crippen molar-refractivity contribution < 1.29 is 4.92 Å². The smallest absolute Gasteiger partial charge is 0.305 e. The summed E-state index contributed by atoms with van der Waals surface area (Å²) in [5.41, 5.74) is 1.68. The van der Waals surface area contributed by atoms with Gasteiger partial charge in [0, 0.05) is 31.9 Å². The van der Waals surface area contributed by atoms with Crippen molar-refractivity contribution in [1.82, 2.24) is 14.9 Å². The van der Waals surface area contributed by atoms with Crippen molar-refractivity contribution in [3.8, 4) is 0 Å². The summed E-state index contributed by atoms with van der Waals surface area (Å²) in [5.74, 6) is 6.21. The molecule has 2 N–H and O–H groups in total. The molecule has 0 spiro atoms. The van der Waals surface area contributed by atoms with E-state index in [2.05, 4.69) is 26.8 Å². The zero-order chi connectivity index (χ0) is 17.1. The van der Waals surface area contributed by atoms with Crippen LogP contribution < -0.4 is 15.8 Å². The van der Waals surface area contributed by atoms with Crippen LogP contribution >= 0.6 is 0 Å². The fourth-order valence-corrected chi connectivity index (χ4v) is 2.54. The molecule has 0 bridgehead atoms. The Labute approximate surface area is 139 Å². The molecule has 24 heavy (non-hydrogen) atoms. The molecule has 3 rings (SSSR count). The van der Waals surface area contributed by atoms with Crippen LogP contribution in [0, 0.1) is 10.1 Å². The monoisotopic (exact) mass is 329 g/mol. The van der Waals surface area contributed by atoms with Crippen LogP contribution in [0.15, 0.2) is 36.7 Å². The Morgan fingerprint density at radius 1 is 1.12 bits per heavy atom. The molecule has 126 valence electrons. The van der Waals surface area contributed by atoms with Gasteiger partial charge in [0.25, 0.3) is 0 Å². The molecule has 9 nitrogen and oxygen atoms in total. The fraction of sp³-hybridized carbons (Fsp3) is 0.333. The van der Waals surface area contributed by atoms with Crippen LogP contribution in [0.2, 0.25) is 0 Å². The molecule has 1 aromatic heterocycles. The van der Waals surface area contributed by atoms with E-state index in [0.29, 0.717) is 5.69 Å². The molecular formula is C15H19N7O2. The van der Waals surface area contributed by atoms with Gasteiger partial charge in [-0.15, -0.1) is 0 Å². The number of nitro groups is 1. The van der Waals surface area contributed by atoms with Gasteiger partial charge in [0.05, 0.1) is 10.6 Å². The number of anilines is 3. The summed E-state index contributed by atoms with van der Waals surface area (Å²) in [6, 6.07) is 7.79. The molecule has 0 aliphatic carbocycles. The van der Waals surface area contributed by atoms with E-state index in [1.165, 1.54) is 5.01 Å². The standard InChI is InChI=1S/C15H19N7O2/c1-19-6-8-20(9-7-19)12-2-4-13(5-3-12)21(16)15-17-10-14(11-18-15)22(23)24/h2-5,10-11H,6-9,16H2,1H3. The van der Waals surface area contributed by atoms with E-state index in [9.17, 15) is 10.1 Å². The minimum atomic E-state index is -0.546. The second kappa shape index (κ2) is 6.77. The van der Waals surface area contributed by atoms with Crippen molar-refractivity contribution >= 4 is 23.0 Å². The molecule has 0 radical (unpaired) electrons. The van der Waals surface area contributed by atoms with Gasteiger partial charge in [-0.05, 0) is 31.3 Å². The minimum Gasteiger partial charge on any atom is -0.369 e. The highest BCUT2D eigenvalue weighted by atomic mass is 16.6. The van der Waals surface area contributed by atoms with Crippen LogP contribution in [0.5, 0.6) is 0 Å². The van der Waals surface area contributed by atoms with E-state index in [1.54, 1.807) is 0 Å². The SMILES string of the molecule is CN1CCN(c2ccc(N(N)c3ncc([N+](=O)[O-])cn3)cc2)CC1. The predicted molar refractivity (Wildman–Crippen MR) is 91.2 cm³/mol. The quantitative estimate of drug-likeness (QED) is 0.506. The summed E-state index contributed by atoms with van der Waals surface area (Å²) in [6.07, 6.45) is 2.28. The average molecular weight is 329 g/mol. The highest BCUT2D eigenvalue weighted by Crippen LogP contribution is 2.23. The summed E-state index contributed by atoms with van der Waals surface area (Å²) >= 11 is 0. The maximum atomic E-state index is 10.6. The van der Waals surface area contributed by atoms with Gasteiger partial charge in [0.15, 0.2) is 0 Å². The van der Waals surface area contributed by atoms with Crippen LogP contribution in [-0.4, -0.2) is 53.0 Å². The number of nitrogens with zero attached hydrogens (tertiary/aromatic N) is 6. The number of rotatable bonds is 4. The number of aromatic nitrogens is 2. The van der Waals surface area contributed by atoms with Crippen LogP contribution in [0.3, 0.4) is 0 Å². The average Bonchev–Trinajstić information content (AvgIpc) is 2.62. The molecule has 1 aromatic carbocycles. The van der Waals surface area contributed by atoms with E-state index in [-0.39, 0.29) is 11.6 Å². The molecule has 0 unspecified atom stereocenters. The summed E-state index contributed by atoms with van der Waals surface area (Å²) in [4.78, 5) is 22.6. The zero-order valence-electron chi connectivity index (χ0n) is 13.4. The number of hydrazine groups is 1. The molecule has 0 atom stereocenters. The van der Waals surface area contributed by atoms with Crippen molar-refractivity contribution in [2.45, 2.75) is 0 Å². The summed E-state index contributed by atoms with van der Waals surface area (Å²) < 4.78 is 0. The number of benzene rings is 1. The Morgan fingerprint density at radius 3 is 2.25 bits per heavy atom. The number of nitrogens with two attached hydrogens (primary N) is 1. The highest BCUT2D eigenvalue weighted by molar-refractivity contribution is 5.60. The number of likely N-dealkylation sites (N-methyl/N-ethyl adjacent to an activating group) is 1. The Bertz CT molecular complexity index is 697. The maximum Gasteiger partial charge on any atom is 0.305 e. The highest BCUT2D eigenvalue weighted by Gasteiger charge is 2.15. The topological polar surface area (TPSA) is 105 Å². The Hall–Kier alpha value is -2.78. The van der Waals surface area contributed by atoms with E-state index in [1.807, 2.05) is 24.3 Å². The number of hydrogen-bond donors (Lipinski definition) is 1. The molecule has 1 fully saturated rings. The van der Waals surface area contributed by atoms with Crippen molar-refractivity contribution in [2.24, 2.45) is 5.84 Å². The molecule has 0 saturated carbocycles. The van der Waals surface area contributed by atoms with Crippen LogP contribution in [0.4, 0.5) is 23.0 Å². The maximum absolute atomic E-state index is 10.6. The Kier molecular flexibility index (Phi) is 4.54. The third kappa shape index (κ3) is 3.42. The minimum absolute atomic E-state index is 0.169. The molecule has 2 heterocycles. The normalized spacial score (nSPS) is 15.3. The third-order valence-electron chi connectivity index (χ3n) is 4.05. The molecular weight excluding hydrogens is 310 g/mol. The molecule has 0 amide bonds. The Balaban J connectivity index is 1.71. The summed E-state index contributed by atoms with van der Waals surface area (Å²) in [6.45, 7) is 4.07. The third-order valence-corrected chi connectivity index (χ3v) is 4.05. The number of hydrogen-bond acceptors (Lipinski definition) is 8. The van der Waals surface area contributed by atoms with Gasteiger partial charge in [0.1, 0.15) is 12.4 Å². The first-order valence-corrected chi connectivity index (χ1v) is 7.59. The lowest BCUT2D eigenvalue weighted by Gasteiger charge is -2.34. The van der Waals surface area contributed by atoms with Gasteiger partial charge in [-0.1, -0.05) is 0 Å². The van der Waals surface area contributed by atoms with Gasteiger partial charge in [-0.3, -0.25) is 10.1 Å². The van der Waals surface area contributed by atoms with Crippen LogP contribution in [0.25, 0.3) is 0 Å². The molecule has 1 saturated heterocycles. The van der Waals surface area contributed by atoms with Gasteiger partial charge in [0.2, 0.25) is 5.95 Å². The first kappa shape index (κ1) is 16.1. The molecule has 1 aliphatic rings. The van der Waals surface area contributed by atoms with Gasteiger partial charge >= 0.3 is 5.69 Å². The van der Waals surface area contributed by atoms with Crippen molar-refractivity contribution in [3.63, 3.8) is 0 Å². The number of piperazine rings is 1. The zero-order valence-corrected chi connectivity index (χ0v) is 13.4. The van der Waals surface area contributed by atoms with E-state index in [4.69, 9.17) is 5.84 Å². The molecule has 1 aliphatic heterocycles. The van der Waals surface area contributed by atoms with Crippen molar-refractivity contribution in [1.29, 1.82) is 0 Å². The second-order valence-corrected chi connectivity index (χ2v) is 5.68. The van der Waals surface area contributed by atoms with E-state index < -0.39 is 4.92 Å². The largest absolute Gasteiger partial charge is 0.369 e. The lowest BCUT2D eigenvalue weighted by atomic mass is 10.2. The van der Waals surface area contributed by atoms with Crippen molar-refractivity contribution in [3.05, 3.63) is 46.8 Å². The lowest BCUT2D eigenvalue weighted by molar-refractivity contribution is -0.385. The summed E-state index contributed by atoms with van der Waals surface area (Å²) in [5, 5.41) is 11.9. The summed E-state index contributed by atoms with van der Waals surface area (Å²) in [7, 11) is 2.12. The lowest BCUT2D eigenvalue weighted by Crippen LogP contribution is -2.44. The van der Waals surface area contributed by atoms with Gasteiger partial charge in [-0.25, -0.2) is 20.8 Å². The van der Waals surface area contributed by atoms with Gasteiger partial charge < -0.3 is 9.80 Å². The van der Waals surface area contributed by atoms with Crippen LogP contribution in [-0.2, 0) is 0 Å². The van der Waals surface area contributed by atoms with Gasteiger partial charge in [-0.2, -0.15) is 0 Å². The second-order valence-electron chi connectivity index (χ2n) is 5.68. The molecule has 2 aromatic rings. The van der Waals surface area contributed by atoms with E-state index >= 15 is 0 Å². The molecule has 9 heteroatoms. The van der Waals surface area contributed by atoms with Crippen LogP contribution in [0.1, 0.15) is 0 Å². The first-order valence-electron chi connectivity index (χ1n) is 7.59. The van der Waals surface area contributed by atoms with Crippen molar-refractivity contribution in [2.75, 3.05) is 43.1 Å². The fourth-order valence-electron chi connectivity index (χ4n) is 2.54. The predicted octanol–water partition coefficient (Wildman–Crippen LogP) is 1.15. The first-order chi connectivity index (χ1) is 11.5. The Morgan fingerprint density at radius 2 is 1.71 bits per heavy atom.